The average molecular weight is 240 g/mol. The summed E-state index contributed by atoms with van der Waals surface area (Å²) in [6, 6.07) is 3.79. The minimum atomic E-state index is -0.697. The summed E-state index contributed by atoms with van der Waals surface area (Å²) in [6.45, 7) is 1.51. The fourth-order valence-electron chi connectivity index (χ4n) is 1.48. The largest absolute Gasteiger partial charge is 0.269 e. The van der Waals surface area contributed by atoms with Gasteiger partial charge in [-0.05, 0) is 25.1 Å². The number of carbonyl (C=O) groups excluding carboxylic acids is 2. The van der Waals surface area contributed by atoms with Gasteiger partial charge in [0, 0.05) is 16.7 Å². The van der Waals surface area contributed by atoms with Gasteiger partial charge in [-0.15, -0.1) is 0 Å². The first-order valence-electron chi connectivity index (χ1n) is 4.52. The Balaban J connectivity index is 2.47. The first kappa shape index (κ1) is 10.8. The molecular weight excluding hydrogens is 233 g/mol. The van der Waals surface area contributed by atoms with Crippen LogP contribution in [0.1, 0.15) is 6.92 Å². The van der Waals surface area contributed by atoms with Gasteiger partial charge >= 0.3 is 0 Å². The zero-order valence-electron chi connectivity index (χ0n) is 8.33. The van der Waals surface area contributed by atoms with Crippen LogP contribution >= 0.6 is 11.6 Å². The molecule has 0 bridgehead atoms. The molecule has 82 valence electrons. The van der Waals surface area contributed by atoms with Gasteiger partial charge in [-0.1, -0.05) is 11.6 Å². The summed E-state index contributed by atoms with van der Waals surface area (Å²) in [5, 5.41) is 0.213. The molecule has 0 fully saturated rings. The Morgan fingerprint density at radius 1 is 1.31 bits per heavy atom. The summed E-state index contributed by atoms with van der Waals surface area (Å²) in [4.78, 5) is 23.8. The molecule has 0 saturated heterocycles. The molecule has 1 aliphatic rings. The molecule has 5 heteroatoms. The molecular formula is C11H7ClFNO2. The van der Waals surface area contributed by atoms with Gasteiger partial charge in [0.2, 0.25) is 0 Å². The second-order valence-electron chi connectivity index (χ2n) is 3.40. The normalized spacial score (nSPS) is 15.7. The Hall–Kier alpha value is -1.68. The minimum Gasteiger partial charge on any atom is -0.269 e. The first-order valence-corrected chi connectivity index (χ1v) is 4.90. The van der Waals surface area contributed by atoms with Gasteiger partial charge in [0.15, 0.2) is 0 Å². The van der Waals surface area contributed by atoms with E-state index in [1.54, 1.807) is 0 Å². The zero-order chi connectivity index (χ0) is 11.9. The number of hydrogen-bond acceptors (Lipinski definition) is 2. The Labute approximate surface area is 96.1 Å². The molecule has 2 rings (SSSR count). The van der Waals surface area contributed by atoms with Crippen LogP contribution in [0.4, 0.5) is 10.1 Å². The van der Waals surface area contributed by atoms with E-state index in [1.165, 1.54) is 25.1 Å². The van der Waals surface area contributed by atoms with Crippen molar-refractivity contribution in [2.24, 2.45) is 0 Å². The van der Waals surface area contributed by atoms with E-state index in [4.69, 9.17) is 11.6 Å². The van der Waals surface area contributed by atoms with Gasteiger partial charge in [-0.2, -0.15) is 0 Å². The molecule has 0 spiro atoms. The highest BCUT2D eigenvalue weighted by Crippen LogP contribution is 2.27. The van der Waals surface area contributed by atoms with E-state index in [2.05, 4.69) is 0 Å². The Morgan fingerprint density at radius 3 is 2.50 bits per heavy atom. The quantitative estimate of drug-likeness (QED) is 0.705. The monoisotopic (exact) mass is 239 g/mol. The van der Waals surface area contributed by atoms with Crippen molar-refractivity contribution in [3.8, 4) is 0 Å². The molecule has 1 aliphatic heterocycles. The molecule has 0 aromatic heterocycles. The van der Waals surface area contributed by atoms with E-state index in [0.29, 0.717) is 5.57 Å². The number of nitrogens with zero attached hydrogens (tertiary/aromatic N) is 1. The van der Waals surface area contributed by atoms with Gasteiger partial charge in [-0.3, -0.25) is 9.59 Å². The summed E-state index contributed by atoms with van der Waals surface area (Å²) in [6.07, 6.45) is 1.18. The van der Waals surface area contributed by atoms with Crippen LogP contribution in [0.5, 0.6) is 0 Å². The first-order chi connectivity index (χ1) is 7.50. The predicted octanol–water partition coefficient (Wildman–Crippen LogP) is 2.30. The molecule has 16 heavy (non-hydrogen) atoms. The van der Waals surface area contributed by atoms with Crippen molar-refractivity contribution in [2.75, 3.05) is 4.90 Å². The number of anilines is 1. The van der Waals surface area contributed by atoms with E-state index in [9.17, 15) is 14.0 Å². The van der Waals surface area contributed by atoms with Gasteiger partial charge in [-0.25, -0.2) is 9.29 Å². The van der Waals surface area contributed by atoms with E-state index < -0.39 is 17.6 Å². The van der Waals surface area contributed by atoms with Crippen LogP contribution in [0, 0.1) is 5.82 Å². The topological polar surface area (TPSA) is 37.4 Å². The van der Waals surface area contributed by atoms with Crippen molar-refractivity contribution in [3.05, 3.63) is 40.7 Å². The fourth-order valence-corrected chi connectivity index (χ4v) is 1.64. The van der Waals surface area contributed by atoms with Crippen molar-refractivity contribution in [1.82, 2.24) is 0 Å². The summed E-state index contributed by atoms with van der Waals surface area (Å²) < 4.78 is 13.5. The second kappa shape index (κ2) is 3.72. The van der Waals surface area contributed by atoms with Crippen LogP contribution in [0.15, 0.2) is 29.8 Å². The average Bonchev–Trinajstić information content (AvgIpc) is 2.43. The molecule has 0 aliphatic carbocycles. The van der Waals surface area contributed by atoms with Crippen LogP contribution in [-0.2, 0) is 9.59 Å². The summed E-state index contributed by atoms with van der Waals surface area (Å²) >= 11 is 5.58. The molecule has 0 radical (unpaired) electrons. The standard InChI is InChI=1S/C11H7ClFNO2/c1-6-4-10(15)14(11(6)16)9-3-2-7(12)5-8(9)13/h2-5H,1H3. The van der Waals surface area contributed by atoms with Crippen LogP contribution in [-0.4, -0.2) is 11.8 Å². The number of rotatable bonds is 1. The van der Waals surface area contributed by atoms with Crippen molar-refractivity contribution < 1.29 is 14.0 Å². The number of imide groups is 1. The summed E-state index contributed by atoms with van der Waals surface area (Å²) in [5.74, 6) is -1.74. The third-order valence-electron chi connectivity index (χ3n) is 2.25. The maximum absolute atomic E-state index is 13.5. The van der Waals surface area contributed by atoms with Crippen LogP contribution in [0.25, 0.3) is 0 Å². The molecule has 0 N–H and O–H groups in total. The smallest absolute Gasteiger partial charge is 0.261 e. The third kappa shape index (κ3) is 1.61. The summed E-state index contributed by atoms with van der Waals surface area (Å²) in [7, 11) is 0. The van der Waals surface area contributed by atoms with E-state index in [1.807, 2.05) is 0 Å². The highest BCUT2D eigenvalue weighted by molar-refractivity contribution is 6.32. The molecule has 0 saturated carbocycles. The third-order valence-corrected chi connectivity index (χ3v) is 2.49. The SMILES string of the molecule is CC1=CC(=O)N(c2ccc(Cl)cc2F)C1=O. The lowest BCUT2D eigenvalue weighted by molar-refractivity contribution is -0.120. The molecule has 1 heterocycles. The molecule has 1 aromatic carbocycles. The predicted molar refractivity (Wildman–Crippen MR) is 57.7 cm³/mol. The van der Waals surface area contributed by atoms with Crippen molar-refractivity contribution in [2.45, 2.75) is 6.92 Å². The Morgan fingerprint density at radius 2 is 2.00 bits per heavy atom. The number of amides is 2. The lowest BCUT2D eigenvalue weighted by Gasteiger charge is -2.15. The Kier molecular flexibility index (Phi) is 2.52. The minimum absolute atomic E-state index is 0.0764. The Bertz CT molecular complexity index is 525. The van der Waals surface area contributed by atoms with Gasteiger partial charge in [0.25, 0.3) is 11.8 Å². The highest BCUT2D eigenvalue weighted by atomic mass is 35.5. The van der Waals surface area contributed by atoms with Crippen LogP contribution < -0.4 is 4.90 Å². The van der Waals surface area contributed by atoms with Crippen LogP contribution in [0.3, 0.4) is 0 Å². The molecule has 0 unspecified atom stereocenters. The van der Waals surface area contributed by atoms with Crippen molar-refractivity contribution in [1.29, 1.82) is 0 Å². The van der Waals surface area contributed by atoms with E-state index >= 15 is 0 Å². The molecule has 2 amide bonds. The number of halogens is 2. The van der Waals surface area contributed by atoms with E-state index in [-0.39, 0.29) is 10.7 Å². The van der Waals surface area contributed by atoms with Gasteiger partial charge in [0.05, 0.1) is 5.69 Å². The number of hydrogen-bond donors (Lipinski definition) is 0. The van der Waals surface area contributed by atoms with Crippen LogP contribution in [0.2, 0.25) is 5.02 Å². The zero-order valence-corrected chi connectivity index (χ0v) is 9.08. The molecule has 0 atom stereocenters. The maximum Gasteiger partial charge on any atom is 0.261 e. The number of carbonyl (C=O) groups is 2. The second-order valence-corrected chi connectivity index (χ2v) is 3.84. The molecule has 3 nitrogen and oxygen atoms in total. The maximum atomic E-state index is 13.5. The lowest BCUT2D eigenvalue weighted by atomic mass is 10.2. The lowest BCUT2D eigenvalue weighted by Crippen LogP contribution is -2.31. The molecule has 1 aromatic rings. The van der Waals surface area contributed by atoms with E-state index in [0.717, 1.165) is 11.0 Å². The van der Waals surface area contributed by atoms with Gasteiger partial charge < -0.3 is 0 Å². The highest BCUT2D eigenvalue weighted by Gasteiger charge is 2.31. The summed E-state index contributed by atoms with van der Waals surface area (Å²) in [5.41, 5.74) is 0.215. The van der Waals surface area contributed by atoms with Crippen molar-refractivity contribution in [3.63, 3.8) is 0 Å². The van der Waals surface area contributed by atoms with Crippen molar-refractivity contribution >= 4 is 29.1 Å². The van der Waals surface area contributed by atoms with Gasteiger partial charge in [0.1, 0.15) is 5.82 Å². The fraction of sp³-hybridized carbons (Fsp3) is 0.0909. The number of benzene rings is 1.